The number of rotatable bonds is 7. The quantitative estimate of drug-likeness (QED) is 0.458. The molecule has 1 unspecified atom stereocenters. The van der Waals surface area contributed by atoms with Gasteiger partial charge in [-0.2, -0.15) is 0 Å². The fourth-order valence-electron chi connectivity index (χ4n) is 0.823. The van der Waals surface area contributed by atoms with Gasteiger partial charge < -0.3 is 4.79 Å². The van der Waals surface area contributed by atoms with E-state index in [-0.39, 0.29) is 5.78 Å². The Morgan fingerprint density at radius 1 is 1.42 bits per heavy atom. The van der Waals surface area contributed by atoms with E-state index in [4.69, 9.17) is 4.52 Å². The van der Waals surface area contributed by atoms with Gasteiger partial charge >= 0.3 is 8.03 Å². The maximum Gasteiger partial charge on any atom is 0.508 e. The molecule has 0 saturated heterocycles. The van der Waals surface area contributed by atoms with Crippen molar-refractivity contribution in [3.05, 3.63) is 0 Å². The molecular weight excluding hydrogens is 175 g/mol. The lowest BCUT2D eigenvalue weighted by molar-refractivity contribution is -0.117. The molecule has 0 radical (unpaired) electrons. The summed E-state index contributed by atoms with van der Waals surface area (Å²) in [5, 5.41) is 0. The number of Topliss-reactive ketones (excluding diaryl/α,β-unsaturated/α-hetero) is 1. The van der Waals surface area contributed by atoms with Gasteiger partial charge in [0.25, 0.3) is 0 Å². The number of ketones is 1. The average Bonchev–Trinajstić information content (AvgIpc) is 1.98. The first-order valence-electron chi connectivity index (χ1n) is 4.23. The summed E-state index contributed by atoms with van der Waals surface area (Å²) in [4.78, 5) is 10.5. The van der Waals surface area contributed by atoms with Crippen molar-refractivity contribution in [2.45, 2.75) is 33.1 Å². The van der Waals surface area contributed by atoms with Crippen LogP contribution in [-0.2, 0) is 13.9 Å². The van der Waals surface area contributed by atoms with Crippen LogP contribution >= 0.6 is 8.03 Å². The van der Waals surface area contributed by atoms with Crippen molar-refractivity contribution in [1.82, 2.24) is 0 Å². The van der Waals surface area contributed by atoms with Gasteiger partial charge in [-0.05, 0) is 31.3 Å². The largest absolute Gasteiger partial charge is 0.508 e. The zero-order chi connectivity index (χ0) is 9.40. The van der Waals surface area contributed by atoms with Gasteiger partial charge in [0, 0.05) is 6.42 Å². The van der Waals surface area contributed by atoms with Crippen molar-refractivity contribution in [3.8, 4) is 0 Å². The Balaban J connectivity index is 3.19. The highest BCUT2D eigenvalue weighted by atomic mass is 31.1. The predicted molar refractivity (Wildman–Crippen MR) is 48.6 cm³/mol. The van der Waals surface area contributed by atoms with Crippen molar-refractivity contribution in [2.75, 3.05) is 12.8 Å². The normalized spacial score (nSPS) is 11.3. The average molecular weight is 191 g/mol. The molecule has 0 rings (SSSR count). The Morgan fingerprint density at radius 2 is 2.08 bits per heavy atom. The highest BCUT2D eigenvalue weighted by Gasteiger charge is 2.14. The lowest BCUT2D eigenvalue weighted by Crippen LogP contribution is -1.91. The van der Waals surface area contributed by atoms with Gasteiger partial charge in [-0.25, -0.2) is 0 Å². The van der Waals surface area contributed by atoms with Crippen molar-refractivity contribution in [3.63, 3.8) is 0 Å². The second kappa shape index (κ2) is 7.38. The molecule has 0 aromatic carbocycles. The van der Waals surface area contributed by atoms with Crippen molar-refractivity contribution in [2.24, 2.45) is 0 Å². The Hall–Kier alpha value is -0.270. The van der Waals surface area contributed by atoms with Crippen molar-refractivity contribution in [1.29, 1.82) is 0 Å². The highest BCUT2D eigenvalue weighted by Crippen LogP contribution is 2.23. The summed E-state index contributed by atoms with van der Waals surface area (Å²) in [6.07, 6.45) is 2.81. The molecule has 3 nitrogen and oxygen atoms in total. The maximum atomic E-state index is 10.9. The summed E-state index contributed by atoms with van der Waals surface area (Å²) in [6, 6.07) is 0. The fraction of sp³-hybridized carbons (Fsp3) is 0.875. The molecule has 0 bridgehead atoms. The van der Waals surface area contributed by atoms with Crippen LogP contribution in [0.5, 0.6) is 0 Å². The summed E-state index contributed by atoms with van der Waals surface area (Å²) in [5.74, 6) is 0.196. The third kappa shape index (κ3) is 7.83. The summed E-state index contributed by atoms with van der Waals surface area (Å²) in [7, 11) is -1.47. The molecule has 12 heavy (non-hydrogen) atoms. The third-order valence-corrected chi connectivity index (χ3v) is 2.62. The van der Waals surface area contributed by atoms with Crippen LogP contribution < -0.4 is 0 Å². The van der Waals surface area contributed by atoms with Crippen LogP contribution in [0.4, 0.5) is 0 Å². The molecule has 0 amide bonds. The molecule has 1 atom stereocenters. The second-order valence-electron chi connectivity index (χ2n) is 2.63. The van der Waals surface area contributed by atoms with Gasteiger partial charge in [-0.1, -0.05) is 0 Å². The minimum absolute atomic E-state index is 0.196. The monoisotopic (exact) mass is 191 g/mol. The summed E-state index contributed by atoms with van der Waals surface area (Å²) < 4.78 is 15.8. The van der Waals surface area contributed by atoms with E-state index in [0.29, 0.717) is 19.2 Å². The topological polar surface area (TPSA) is 43.4 Å². The van der Waals surface area contributed by atoms with Gasteiger partial charge in [0.05, 0.1) is 6.61 Å². The van der Waals surface area contributed by atoms with E-state index in [1.807, 2.05) is 6.92 Å². The minimum atomic E-state index is -1.47. The standard InChI is InChI=1S/C8H16O3P/c1-3-11-12(10)7-5-4-6-8(2)9/h3-7H2,1-2H3/q+1. The first kappa shape index (κ1) is 11.7. The number of carbonyl (C=O) groups is 1. The molecule has 0 saturated carbocycles. The van der Waals surface area contributed by atoms with Crippen LogP contribution in [0.3, 0.4) is 0 Å². The highest BCUT2D eigenvalue weighted by molar-refractivity contribution is 7.39. The molecule has 0 fully saturated rings. The van der Waals surface area contributed by atoms with Gasteiger partial charge in [0.1, 0.15) is 5.78 Å². The van der Waals surface area contributed by atoms with Crippen LogP contribution in [0.25, 0.3) is 0 Å². The van der Waals surface area contributed by atoms with Gasteiger partial charge in [-0.3, -0.25) is 0 Å². The third-order valence-electron chi connectivity index (χ3n) is 1.39. The smallest absolute Gasteiger partial charge is 0.300 e. The molecule has 0 aromatic rings. The molecule has 70 valence electrons. The molecule has 0 aliphatic carbocycles. The van der Waals surface area contributed by atoms with E-state index in [9.17, 15) is 9.36 Å². The first-order chi connectivity index (χ1) is 5.66. The predicted octanol–water partition coefficient (Wildman–Crippen LogP) is 2.52. The van der Waals surface area contributed by atoms with Crippen LogP contribution in [0.15, 0.2) is 0 Å². The van der Waals surface area contributed by atoms with E-state index in [0.717, 1.165) is 12.8 Å². The molecule has 0 N–H and O–H groups in total. The van der Waals surface area contributed by atoms with E-state index in [2.05, 4.69) is 0 Å². The molecule has 4 heteroatoms. The zero-order valence-electron chi connectivity index (χ0n) is 7.71. The Kier molecular flexibility index (Phi) is 7.22. The molecule has 0 aliphatic rings. The molecule has 0 spiro atoms. The number of hydrogen-bond donors (Lipinski definition) is 0. The Labute approximate surface area is 74.4 Å². The van der Waals surface area contributed by atoms with E-state index >= 15 is 0 Å². The molecule has 0 aliphatic heterocycles. The Morgan fingerprint density at radius 3 is 2.58 bits per heavy atom. The van der Waals surface area contributed by atoms with Crippen LogP contribution in [-0.4, -0.2) is 18.6 Å². The maximum absolute atomic E-state index is 10.9. The summed E-state index contributed by atoms with van der Waals surface area (Å²) in [6.45, 7) is 3.90. The van der Waals surface area contributed by atoms with E-state index in [1.165, 1.54) is 0 Å². The zero-order valence-corrected chi connectivity index (χ0v) is 8.60. The lowest BCUT2D eigenvalue weighted by Gasteiger charge is -1.90. The second-order valence-corrected chi connectivity index (χ2v) is 4.00. The molecular formula is C8H16O3P+. The lowest BCUT2D eigenvalue weighted by atomic mass is 10.2. The minimum Gasteiger partial charge on any atom is -0.300 e. The summed E-state index contributed by atoms with van der Waals surface area (Å²) in [5.41, 5.74) is 0. The van der Waals surface area contributed by atoms with Crippen LogP contribution in [0, 0.1) is 0 Å². The SMILES string of the molecule is CCO[P+](=O)CCCCC(C)=O. The number of carbonyl (C=O) groups excluding carboxylic acids is 1. The molecule has 0 aromatic heterocycles. The Bertz CT molecular complexity index is 156. The van der Waals surface area contributed by atoms with E-state index < -0.39 is 8.03 Å². The van der Waals surface area contributed by atoms with Gasteiger partial charge in [-0.15, -0.1) is 4.52 Å². The van der Waals surface area contributed by atoms with Gasteiger partial charge in [0.15, 0.2) is 6.16 Å². The van der Waals surface area contributed by atoms with Crippen LogP contribution in [0.2, 0.25) is 0 Å². The fourth-order valence-corrected chi connectivity index (χ4v) is 1.72. The van der Waals surface area contributed by atoms with Crippen molar-refractivity contribution < 1.29 is 13.9 Å². The number of hydrogen-bond acceptors (Lipinski definition) is 3. The van der Waals surface area contributed by atoms with Crippen LogP contribution in [0.1, 0.15) is 33.1 Å². The van der Waals surface area contributed by atoms with Crippen molar-refractivity contribution >= 4 is 13.8 Å². The van der Waals surface area contributed by atoms with Gasteiger partial charge in [0.2, 0.25) is 0 Å². The first-order valence-corrected chi connectivity index (χ1v) is 5.60. The number of unbranched alkanes of at least 4 members (excludes halogenated alkanes) is 1. The summed E-state index contributed by atoms with van der Waals surface area (Å²) >= 11 is 0. The van der Waals surface area contributed by atoms with E-state index in [1.54, 1.807) is 6.92 Å². The molecule has 0 heterocycles.